The molecule has 3 aliphatic rings. The summed E-state index contributed by atoms with van der Waals surface area (Å²) >= 11 is 0. The van der Waals surface area contributed by atoms with Gasteiger partial charge in [-0.05, 0) is 56.1 Å². The van der Waals surface area contributed by atoms with Gasteiger partial charge < -0.3 is 14.4 Å². The molecule has 5 heteroatoms. The molecule has 4 heterocycles. The molecular formula is C20H30N2O3. The van der Waals surface area contributed by atoms with Crippen LogP contribution < -0.4 is 0 Å². The zero-order chi connectivity index (χ0) is 17.6. The summed E-state index contributed by atoms with van der Waals surface area (Å²) in [5.74, 6) is 2.12. The lowest BCUT2D eigenvalue weighted by atomic mass is 9.84. The van der Waals surface area contributed by atoms with Gasteiger partial charge >= 0.3 is 0 Å². The van der Waals surface area contributed by atoms with Gasteiger partial charge in [-0.2, -0.15) is 0 Å². The van der Waals surface area contributed by atoms with Crippen LogP contribution in [0, 0.1) is 11.8 Å². The Hall–Kier alpha value is -1.33. The third-order valence-corrected chi connectivity index (χ3v) is 6.44. The number of carbonyl (C=O) groups is 1. The predicted octanol–water partition coefficient (Wildman–Crippen LogP) is 2.60. The molecule has 2 bridgehead atoms. The van der Waals surface area contributed by atoms with Crippen LogP contribution in [-0.4, -0.2) is 52.5 Å². The Morgan fingerprint density at radius 1 is 1.24 bits per heavy atom. The van der Waals surface area contributed by atoms with E-state index in [1.165, 1.54) is 6.42 Å². The molecule has 3 fully saturated rings. The first-order chi connectivity index (χ1) is 11.9. The molecule has 0 radical (unpaired) electrons. The third kappa shape index (κ3) is 3.24. The zero-order valence-electron chi connectivity index (χ0n) is 15.4. The van der Waals surface area contributed by atoms with E-state index in [0.717, 1.165) is 25.9 Å². The molecule has 3 saturated heterocycles. The van der Waals surface area contributed by atoms with Gasteiger partial charge in [-0.15, -0.1) is 0 Å². The van der Waals surface area contributed by atoms with E-state index in [1.54, 1.807) is 6.26 Å². The number of hydrogen-bond acceptors (Lipinski definition) is 4. The van der Waals surface area contributed by atoms with Crippen molar-refractivity contribution in [1.29, 1.82) is 0 Å². The summed E-state index contributed by atoms with van der Waals surface area (Å²) in [4.78, 5) is 17.3. The number of likely N-dealkylation sites (tertiary alicyclic amines) is 1. The number of piperidine rings is 2. The molecular weight excluding hydrogens is 316 g/mol. The van der Waals surface area contributed by atoms with E-state index in [1.807, 2.05) is 12.1 Å². The van der Waals surface area contributed by atoms with Crippen LogP contribution >= 0.6 is 0 Å². The summed E-state index contributed by atoms with van der Waals surface area (Å²) in [6.45, 7) is 6.77. The maximum atomic E-state index is 12.9. The minimum absolute atomic E-state index is 0.263. The Morgan fingerprint density at radius 2 is 1.88 bits per heavy atom. The normalized spacial score (nSPS) is 38.9. The lowest BCUT2D eigenvalue weighted by Gasteiger charge is -2.43. The molecule has 4 atom stereocenters. The summed E-state index contributed by atoms with van der Waals surface area (Å²) < 4.78 is 5.49. The highest BCUT2D eigenvalue weighted by Crippen LogP contribution is 2.45. The smallest absolute Gasteiger partial charge is 0.236 e. The minimum Gasteiger partial charge on any atom is -0.466 e. The standard InChI is InChI=1S/C20H30N2O3/c1-14-8-15(2)12-21(11-14)19(23)13-22-16-5-6-17(22)10-20(24,9-16)18-4-3-7-25-18/h3-4,7,14-17,24H,5-6,8-13H2,1-2H3/t14-,15-,16+,17+/m0/s1. The van der Waals surface area contributed by atoms with Crippen LogP contribution in [0.15, 0.2) is 22.8 Å². The van der Waals surface area contributed by atoms with Crippen molar-refractivity contribution in [2.24, 2.45) is 11.8 Å². The molecule has 5 nitrogen and oxygen atoms in total. The molecule has 0 aromatic carbocycles. The number of furan rings is 1. The van der Waals surface area contributed by atoms with Crippen LogP contribution in [0.1, 0.15) is 51.7 Å². The lowest BCUT2D eigenvalue weighted by molar-refractivity contribution is -0.139. The van der Waals surface area contributed by atoms with Crippen LogP contribution in [0.3, 0.4) is 0 Å². The van der Waals surface area contributed by atoms with Crippen molar-refractivity contribution in [2.45, 2.75) is 63.6 Å². The van der Waals surface area contributed by atoms with E-state index in [4.69, 9.17) is 4.42 Å². The van der Waals surface area contributed by atoms with Gasteiger partial charge in [0.2, 0.25) is 5.91 Å². The van der Waals surface area contributed by atoms with Crippen molar-refractivity contribution in [2.75, 3.05) is 19.6 Å². The van der Waals surface area contributed by atoms with Crippen molar-refractivity contribution in [3.8, 4) is 0 Å². The highest BCUT2D eigenvalue weighted by atomic mass is 16.4. The summed E-state index contributed by atoms with van der Waals surface area (Å²) in [6.07, 6.45) is 6.30. The molecule has 0 spiro atoms. The second-order valence-corrected chi connectivity index (χ2v) is 8.72. The Labute approximate surface area is 150 Å². The Balaban J connectivity index is 1.42. The number of hydrogen-bond donors (Lipinski definition) is 1. The molecule has 3 aliphatic heterocycles. The van der Waals surface area contributed by atoms with Crippen molar-refractivity contribution < 1.29 is 14.3 Å². The molecule has 1 aromatic heterocycles. The SMILES string of the molecule is C[C@H]1C[C@H](C)CN(C(=O)CN2[C@@H]3CC[C@@H]2CC(O)(c2ccco2)C3)C1. The number of amides is 1. The summed E-state index contributed by atoms with van der Waals surface area (Å²) in [7, 11) is 0. The summed E-state index contributed by atoms with van der Waals surface area (Å²) in [6, 6.07) is 4.26. The van der Waals surface area contributed by atoms with Crippen LogP contribution in [-0.2, 0) is 10.4 Å². The molecule has 1 N–H and O–H groups in total. The van der Waals surface area contributed by atoms with Crippen LogP contribution in [0.2, 0.25) is 0 Å². The quantitative estimate of drug-likeness (QED) is 0.914. The van der Waals surface area contributed by atoms with Gasteiger partial charge in [-0.1, -0.05) is 13.8 Å². The molecule has 0 unspecified atom stereocenters. The van der Waals surface area contributed by atoms with Gasteiger partial charge in [0.25, 0.3) is 0 Å². The maximum Gasteiger partial charge on any atom is 0.236 e. The maximum absolute atomic E-state index is 12.9. The molecule has 138 valence electrons. The van der Waals surface area contributed by atoms with Gasteiger partial charge in [0, 0.05) is 25.2 Å². The topological polar surface area (TPSA) is 56.9 Å². The largest absolute Gasteiger partial charge is 0.466 e. The number of rotatable bonds is 3. The fourth-order valence-electron chi connectivity index (χ4n) is 5.44. The average Bonchev–Trinajstić information content (AvgIpc) is 3.16. The van der Waals surface area contributed by atoms with E-state index in [9.17, 15) is 9.90 Å². The molecule has 1 amide bonds. The van der Waals surface area contributed by atoms with E-state index in [2.05, 4.69) is 23.6 Å². The molecule has 0 saturated carbocycles. The lowest BCUT2D eigenvalue weighted by Crippen LogP contribution is -2.54. The molecule has 4 rings (SSSR count). The van der Waals surface area contributed by atoms with Gasteiger partial charge in [0.05, 0.1) is 12.8 Å². The monoisotopic (exact) mass is 346 g/mol. The number of aliphatic hydroxyl groups is 1. The van der Waals surface area contributed by atoms with Crippen LogP contribution in [0.25, 0.3) is 0 Å². The average molecular weight is 346 g/mol. The van der Waals surface area contributed by atoms with Crippen molar-refractivity contribution in [1.82, 2.24) is 9.80 Å². The van der Waals surface area contributed by atoms with E-state index in [-0.39, 0.29) is 18.0 Å². The summed E-state index contributed by atoms with van der Waals surface area (Å²) in [5, 5.41) is 11.1. The van der Waals surface area contributed by atoms with E-state index >= 15 is 0 Å². The first-order valence-corrected chi connectivity index (χ1v) is 9.74. The van der Waals surface area contributed by atoms with Gasteiger partial charge in [-0.25, -0.2) is 0 Å². The van der Waals surface area contributed by atoms with Crippen molar-refractivity contribution >= 4 is 5.91 Å². The second kappa shape index (κ2) is 6.44. The van der Waals surface area contributed by atoms with E-state index < -0.39 is 5.60 Å². The predicted molar refractivity (Wildman–Crippen MR) is 94.9 cm³/mol. The Morgan fingerprint density at radius 3 is 2.44 bits per heavy atom. The Kier molecular flexibility index (Phi) is 4.40. The fourth-order valence-corrected chi connectivity index (χ4v) is 5.44. The van der Waals surface area contributed by atoms with Gasteiger partial charge in [0.1, 0.15) is 11.4 Å². The van der Waals surface area contributed by atoms with Crippen molar-refractivity contribution in [3.63, 3.8) is 0 Å². The second-order valence-electron chi connectivity index (χ2n) is 8.72. The van der Waals surface area contributed by atoms with Gasteiger partial charge in [-0.3, -0.25) is 9.69 Å². The molecule has 0 aliphatic carbocycles. The zero-order valence-corrected chi connectivity index (χ0v) is 15.4. The fraction of sp³-hybridized carbons (Fsp3) is 0.750. The first kappa shape index (κ1) is 17.1. The van der Waals surface area contributed by atoms with E-state index in [0.29, 0.717) is 37.0 Å². The number of nitrogens with zero attached hydrogens (tertiary/aromatic N) is 2. The van der Waals surface area contributed by atoms with Crippen LogP contribution in [0.4, 0.5) is 0 Å². The molecule has 25 heavy (non-hydrogen) atoms. The Bertz CT molecular complexity index is 590. The van der Waals surface area contributed by atoms with Crippen LogP contribution in [0.5, 0.6) is 0 Å². The number of fused-ring (bicyclic) bond motifs is 2. The minimum atomic E-state index is -0.872. The highest BCUT2D eigenvalue weighted by molar-refractivity contribution is 5.78. The first-order valence-electron chi connectivity index (χ1n) is 9.74. The van der Waals surface area contributed by atoms with Gasteiger partial charge in [0.15, 0.2) is 0 Å². The third-order valence-electron chi connectivity index (χ3n) is 6.44. The van der Waals surface area contributed by atoms with Crippen molar-refractivity contribution in [3.05, 3.63) is 24.2 Å². The number of carbonyl (C=O) groups excluding carboxylic acids is 1. The summed E-state index contributed by atoms with van der Waals surface area (Å²) in [5.41, 5.74) is -0.872. The molecule has 1 aromatic rings. The highest BCUT2D eigenvalue weighted by Gasteiger charge is 2.50.